The molecule has 2 saturated heterocycles. The molecular weight excluding hydrogens is 545 g/mol. The summed E-state index contributed by atoms with van der Waals surface area (Å²) in [6.45, 7) is 17.2. The maximum atomic E-state index is 12.8. The second kappa shape index (κ2) is 12.6. The number of nitrogens with one attached hydrogen (secondary N) is 2. The highest BCUT2D eigenvalue weighted by atomic mass is 31.2. The lowest BCUT2D eigenvalue weighted by molar-refractivity contribution is 0.0364. The number of hydrogen-bond acceptors (Lipinski definition) is 9. The van der Waals surface area contributed by atoms with Gasteiger partial charge in [-0.3, -0.25) is 9.80 Å². The largest absolute Gasteiger partial charge is 0.494 e. The molecule has 0 spiro atoms. The Balaban J connectivity index is 1.21. The van der Waals surface area contributed by atoms with Crippen molar-refractivity contribution in [3.05, 3.63) is 54.7 Å². The van der Waals surface area contributed by atoms with E-state index in [1.165, 1.54) is 31.6 Å². The van der Waals surface area contributed by atoms with Crippen LogP contribution in [0.4, 0.5) is 28.8 Å². The first-order chi connectivity index (χ1) is 20.0. The molecule has 10 heteroatoms. The van der Waals surface area contributed by atoms with Crippen LogP contribution in [0.2, 0.25) is 0 Å². The average molecular weight is 592 g/mol. The van der Waals surface area contributed by atoms with Gasteiger partial charge < -0.3 is 24.8 Å². The molecule has 3 aromatic rings. The molecule has 0 aliphatic carbocycles. The van der Waals surface area contributed by atoms with Gasteiger partial charge in [0, 0.05) is 74.1 Å². The number of rotatable bonds is 8. The number of methoxy groups -OCH3 is 1. The molecule has 1 aromatic heterocycles. The van der Waals surface area contributed by atoms with Crippen molar-refractivity contribution in [3.63, 3.8) is 0 Å². The summed E-state index contributed by atoms with van der Waals surface area (Å²) in [5.41, 5.74) is 3.01. The summed E-state index contributed by atoms with van der Waals surface area (Å²) in [6, 6.07) is 16.4. The van der Waals surface area contributed by atoms with E-state index in [4.69, 9.17) is 4.74 Å². The molecule has 9 nitrogen and oxygen atoms in total. The van der Waals surface area contributed by atoms with Crippen molar-refractivity contribution >= 4 is 41.3 Å². The lowest BCUT2D eigenvalue weighted by Gasteiger charge is -2.46. The molecule has 0 atom stereocenters. The summed E-state index contributed by atoms with van der Waals surface area (Å²) in [4.78, 5) is 16.8. The molecule has 42 heavy (non-hydrogen) atoms. The SMILES string of the molecule is COc1cc(N2CCC(N3CCN(C(C)(C)C)CC3)CC2)ccc1Nc1nccc(Nc2ccccc2P(C)(C)=O)n1. The minimum atomic E-state index is -2.45. The van der Waals surface area contributed by atoms with E-state index in [1.54, 1.807) is 32.7 Å². The summed E-state index contributed by atoms with van der Waals surface area (Å²) < 4.78 is 18.5. The zero-order valence-electron chi connectivity index (χ0n) is 25.9. The van der Waals surface area contributed by atoms with Gasteiger partial charge >= 0.3 is 0 Å². The van der Waals surface area contributed by atoms with Gasteiger partial charge in [0.2, 0.25) is 5.95 Å². The first-order valence-corrected chi connectivity index (χ1v) is 17.5. The smallest absolute Gasteiger partial charge is 0.229 e. The Kier molecular flexibility index (Phi) is 9.11. The van der Waals surface area contributed by atoms with E-state index in [1.807, 2.05) is 30.3 Å². The maximum absolute atomic E-state index is 12.8. The van der Waals surface area contributed by atoms with Crippen LogP contribution in [-0.2, 0) is 4.57 Å². The van der Waals surface area contributed by atoms with Gasteiger partial charge in [-0.05, 0) is 77.3 Å². The summed E-state index contributed by atoms with van der Waals surface area (Å²) in [5.74, 6) is 1.82. The number of aromatic nitrogens is 2. The van der Waals surface area contributed by atoms with E-state index in [0.717, 1.165) is 48.6 Å². The number of para-hydroxylation sites is 1. The molecular formula is C32H46N7O2P. The molecule has 2 N–H and O–H groups in total. The molecule has 2 aromatic carbocycles. The van der Waals surface area contributed by atoms with Crippen LogP contribution in [0.1, 0.15) is 33.6 Å². The van der Waals surface area contributed by atoms with Crippen molar-refractivity contribution in [3.8, 4) is 5.75 Å². The molecule has 0 bridgehead atoms. The highest BCUT2D eigenvalue weighted by Crippen LogP contribution is 2.38. The van der Waals surface area contributed by atoms with Crippen molar-refractivity contribution in [1.82, 2.24) is 19.8 Å². The molecule has 5 rings (SSSR count). The van der Waals surface area contributed by atoms with Crippen LogP contribution in [0.25, 0.3) is 0 Å². The Bertz CT molecular complexity index is 1400. The molecule has 0 amide bonds. The number of ether oxygens (including phenoxy) is 1. The molecule has 2 aliphatic rings. The minimum Gasteiger partial charge on any atom is -0.494 e. The van der Waals surface area contributed by atoms with Crippen LogP contribution in [0.5, 0.6) is 5.75 Å². The van der Waals surface area contributed by atoms with E-state index in [-0.39, 0.29) is 5.54 Å². The van der Waals surface area contributed by atoms with E-state index in [9.17, 15) is 4.57 Å². The van der Waals surface area contributed by atoms with Gasteiger partial charge in [-0.1, -0.05) is 12.1 Å². The lowest BCUT2D eigenvalue weighted by Crippen LogP contribution is -2.57. The van der Waals surface area contributed by atoms with Crippen LogP contribution in [0.3, 0.4) is 0 Å². The monoisotopic (exact) mass is 591 g/mol. The Morgan fingerprint density at radius 1 is 0.905 bits per heavy atom. The van der Waals surface area contributed by atoms with Gasteiger partial charge in [-0.25, -0.2) is 4.98 Å². The second-order valence-corrected chi connectivity index (χ2v) is 15.9. The van der Waals surface area contributed by atoms with Crippen LogP contribution < -0.4 is 25.6 Å². The zero-order chi connectivity index (χ0) is 29.9. The predicted octanol–water partition coefficient (Wildman–Crippen LogP) is 5.61. The Morgan fingerprint density at radius 2 is 1.62 bits per heavy atom. The number of nitrogens with zero attached hydrogens (tertiary/aromatic N) is 5. The second-order valence-electron chi connectivity index (χ2n) is 12.7. The standard InChI is InChI=1S/C32H46N7O2P/c1-32(2,3)39-21-19-38(20-22-39)24-14-17-37(18-15-24)25-11-12-26(28(23-25)41-4)35-31-33-16-13-30(36-31)34-27-9-7-8-10-29(27)42(5,6)40/h7-13,16,23-24H,14-15,17-22H2,1-6H3,(H2,33,34,35,36). The highest BCUT2D eigenvalue weighted by Gasteiger charge is 2.31. The number of hydrogen-bond donors (Lipinski definition) is 2. The van der Waals surface area contributed by atoms with Crippen LogP contribution in [-0.4, -0.2) is 91.1 Å². The van der Waals surface area contributed by atoms with Gasteiger partial charge in [0.05, 0.1) is 18.5 Å². The van der Waals surface area contributed by atoms with Gasteiger partial charge in [0.15, 0.2) is 0 Å². The molecule has 0 unspecified atom stereocenters. The third-order valence-corrected chi connectivity index (χ3v) is 9.99. The summed E-state index contributed by atoms with van der Waals surface area (Å²) in [7, 11) is -0.760. The molecule has 0 saturated carbocycles. The first kappa shape index (κ1) is 30.3. The van der Waals surface area contributed by atoms with E-state index in [2.05, 4.69) is 68.2 Å². The first-order valence-electron chi connectivity index (χ1n) is 14.9. The molecule has 2 fully saturated rings. The Hall–Kier alpha value is -3.13. The van der Waals surface area contributed by atoms with Crippen molar-refractivity contribution in [1.29, 1.82) is 0 Å². The average Bonchev–Trinajstić information content (AvgIpc) is 2.97. The zero-order valence-corrected chi connectivity index (χ0v) is 26.8. The fraction of sp³-hybridized carbons (Fsp3) is 0.500. The maximum Gasteiger partial charge on any atom is 0.229 e. The summed E-state index contributed by atoms with van der Waals surface area (Å²) in [5, 5.41) is 7.43. The molecule has 2 aliphatic heterocycles. The summed E-state index contributed by atoms with van der Waals surface area (Å²) >= 11 is 0. The van der Waals surface area contributed by atoms with Gasteiger partial charge in [-0.2, -0.15) is 4.98 Å². The molecule has 3 heterocycles. The quantitative estimate of drug-likeness (QED) is 0.325. The van der Waals surface area contributed by atoms with Crippen LogP contribution in [0, 0.1) is 0 Å². The third kappa shape index (κ3) is 7.25. The van der Waals surface area contributed by atoms with Crippen molar-refractivity contribution in [2.45, 2.75) is 45.2 Å². The third-order valence-electron chi connectivity index (χ3n) is 8.44. The summed E-state index contributed by atoms with van der Waals surface area (Å²) in [6.07, 6.45) is 4.06. The van der Waals surface area contributed by atoms with Crippen LogP contribution in [0.15, 0.2) is 54.7 Å². The Labute approximate surface area is 251 Å². The fourth-order valence-corrected chi connectivity index (χ4v) is 7.18. The predicted molar refractivity (Wildman–Crippen MR) is 175 cm³/mol. The lowest BCUT2D eigenvalue weighted by atomic mass is 10.00. The van der Waals surface area contributed by atoms with Crippen molar-refractivity contribution in [2.24, 2.45) is 0 Å². The number of benzene rings is 2. The van der Waals surface area contributed by atoms with E-state index >= 15 is 0 Å². The van der Waals surface area contributed by atoms with Gasteiger partial charge in [0.25, 0.3) is 0 Å². The fourth-order valence-electron chi connectivity index (χ4n) is 6.02. The van der Waals surface area contributed by atoms with Gasteiger partial charge in [-0.15, -0.1) is 0 Å². The number of anilines is 5. The molecule has 0 radical (unpaired) electrons. The topological polar surface area (TPSA) is 85.9 Å². The highest BCUT2D eigenvalue weighted by molar-refractivity contribution is 7.70. The van der Waals surface area contributed by atoms with Crippen molar-refractivity contribution in [2.75, 3.05) is 75.2 Å². The normalized spacial score (nSPS) is 17.7. The number of piperidine rings is 1. The van der Waals surface area contributed by atoms with E-state index < -0.39 is 7.14 Å². The minimum absolute atomic E-state index is 0.254. The van der Waals surface area contributed by atoms with E-state index in [0.29, 0.717) is 17.8 Å². The molecule has 226 valence electrons. The van der Waals surface area contributed by atoms with Crippen LogP contribution >= 0.6 is 7.14 Å². The van der Waals surface area contributed by atoms with Gasteiger partial charge in [0.1, 0.15) is 18.7 Å². The van der Waals surface area contributed by atoms with Crippen molar-refractivity contribution < 1.29 is 9.30 Å². The Morgan fingerprint density at radius 3 is 2.29 bits per heavy atom. The number of piperazine rings is 1.